The monoisotopic (exact) mass is 417 g/mol. The van der Waals surface area contributed by atoms with Gasteiger partial charge in [0.25, 0.3) is 0 Å². The fourth-order valence-corrected chi connectivity index (χ4v) is 5.98. The zero-order valence-electron chi connectivity index (χ0n) is 15.1. The minimum absolute atomic E-state index is 0.204. The molecule has 0 unspecified atom stereocenters. The molecule has 2 aromatic carbocycles. The van der Waals surface area contributed by atoms with Crippen LogP contribution in [0.2, 0.25) is 5.02 Å². The number of nitrogens with zero attached hydrogens (tertiary/aromatic N) is 1. The fourth-order valence-electron chi connectivity index (χ4n) is 4.41. The first-order valence-electron chi connectivity index (χ1n) is 9.11. The summed E-state index contributed by atoms with van der Waals surface area (Å²) in [6, 6.07) is 14.1. The number of piperidine rings is 1. The Hall–Kier alpha value is -2.15. The summed E-state index contributed by atoms with van der Waals surface area (Å²) in [7, 11) is -3.57. The Bertz CT molecular complexity index is 1050. The molecular formula is C21H20ClNO4S. The Balaban J connectivity index is 1.60. The third-order valence-electron chi connectivity index (χ3n) is 5.80. The van der Waals surface area contributed by atoms with Crippen LogP contribution in [0.3, 0.4) is 0 Å². The van der Waals surface area contributed by atoms with Crippen molar-refractivity contribution < 1.29 is 18.3 Å². The number of carbonyl (C=O) groups is 1. The SMILES string of the molecule is O=C(O)/C=C1\CC2(CCN(S(=O)(=O)c3ccc(Cl)cc3)CC2)c2ccccc21. The molecule has 0 saturated carbocycles. The van der Waals surface area contributed by atoms with E-state index in [4.69, 9.17) is 11.6 Å². The van der Waals surface area contributed by atoms with Crippen LogP contribution in [0.15, 0.2) is 59.5 Å². The number of hydrogen-bond acceptors (Lipinski definition) is 3. The largest absolute Gasteiger partial charge is 0.478 e. The van der Waals surface area contributed by atoms with Crippen molar-refractivity contribution in [2.45, 2.75) is 29.6 Å². The molecule has 0 radical (unpaired) electrons. The third-order valence-corrected chi connectivity index (χ3v) is 7.97. The van der Waals surface area contributed by atoms with Crippen molar-refractivity contribution in [2.24, 2.45) is 0 Å². The Labute approximate surface area is 169 Å². The standard InChI is InChI=1S/C21H20ClNO4S/c22-16-5-7-17(8-6-16)28(26,27)23-11-9-21(10-12-23)14-15(13-20(24)25)18-3-1-2-4-19(18)21/h1-8,13H,9-12,14H2,(H,24,25)/b15-13+. The fraction of sp³-hybridized carbons (Fsp3) is 0.286. The van der Waals surface area contributed by atoms with E-state index in [2.05, 4.69) is 0 Å². The predicted octanol–water partition coefficient (Wildman–Crippen LogP) is 3.93. The van der Waals surface area contributed by atoms with E-state index in [1.54, 1.807) is 12.1 Å². The number of sulfonamides is 1. The van der Waals surface area contributed by atoms with E-state index in [0.29, 0.717) is 37.4 Å². The number of rotatable bonds is 3. The minimum atomic E-state index is -3.57. The van der Waals surface area contributed by atoms with Gasteiger partial charge in [0.15, 0.2) is 0 Å². The predicted molar refractivity (Wildman–Crippen MR) is 108 cm³/mol. The first-order valence-corrected chi connectivity index (χ1v) is 10.9. The lowest BCUT2D eigenvalue weighted by molar-refractivity contribution is -0.131. The second kappa shape index (κ2) is 7.03. The van der Waals surface area contributed by atoms with E-state index in [1.165, 1.54) is 22.5 Å². The third kappa shape index (κ3) is 3.26. The highest BCUT2D eigenvalue weighted by Gasteiger charge is 2.45. The zero-order chi connectivity index (χ0) is 19.9. The molecule has 1 saturated heterocycles. The number of fused-ring (bicyclic) bond motifs is 2. The average molecular weight is 418 g/mol. The van der Waals surface area contributed by atoms with Gasteiger partial charge in [0.1, 0.15) is 0 Å². The molecule has 1 aliphatic carbocycles. The second-order valence-electron chi connectivity index (χ2n) is 7.37. The maximum Gasteiger partial charge on any atom is 0.328 e. The summed E-state index contributed by atoms with van der Waals surface area (Å²) in [5.74, 6) is -0.954. The molecule has 2 aliphatic rings. The van der Waals surface area contributed by atoms with Gasteiger partial charge in [-0.25, -0.2) is 13.2 Å². The van der Waals surface area contributed by atoms with E-state index in [0.717, 1.165) is 16.7 Å². The molecule has 1 aliphatic heterocycles. The maximum atomic E-state index is 13.0. The highest BCUT2D eigenvalue weighted by Crippen LogP contribution is 2.51. The van der Waals surface area contributed by atoms with E-state index in [9.17, 15) is 18.3 Å². The van der Waals surface area contributed by atoms with Gasteiger partial charge in [-0.1, -0.05) is 35.9 Å². The average Bonchev–Trinajstić information content (AvgIpc) is 2.95. The molecule has 2 aromatic rings. The molecule has 1 fully saturated rings. The molecule has 1 heterocycles. The number of benzene rings is 2. The van der Waals surface area contributed by atoms with Crippen LogP contribution in [0.4, 0.5) is 0 Å². The summed E-state index contributed by atoms with van der Waals surface area (Å²) in [6.45, 7) is 0.805. The number of aliphatic carboxylic acids is 1. The van der Waals surface area contributed by atoms with Crippen molar-refractivity contribution in [2.75, 3.05) is 13.1 Å². The van der Waals surface area contributed by atoms with Crippen molar-refractivity contribution in [3.63, 3.8) is 0 Å². The van der Waals surface area contributed by atoms with Crippen LogP contribution >= 0.6 is 11.6 Å². The summed E-state index contributed by atoms with van der Waals surface area (Å²) in [6.07, 6.45) is 3.24. The van der Waals surface area contributed by atoms with Crippen LogP contribution in [0.5, 0.6) is 0 Å². The quantitative estimate of drug-likeness (QED) is 0.767. The van der Waals surface area contributed by atoms with E-state index < -0.39 is 16.0 Å². The van der Waals surface area contributed by atoms with Crippen LogP contribution in [0.25, 0.3) is 5.57 Å². The number of allylic oxidation sites excluding steroid dienone is 1. The summed E-state index contributed by atoms with van der Waals surface area (Å²) < 4.78 is 27.4. The maximum absolute atomic E-state index is 13.0. The summed E-state index contributed by atoms with van der Waals surface area (Å²) >= 11 is 5.87. The topological polar surface area (TPSA) is 74.7 Å². The molecule has 4 rings (SSSR count). The molecule has 5 nitrogen and oxygen atoms in total. The first-order chi connectivity index (χ1) is 13.3. The Morgan fingerprint density at radius 3 is 2.36 bits per heavy atom. The lowest BCUT2D eigenvalue weighted by Crippen LogP contribution is -2.44. The summed E-state index contributed by atoms with van der Waals surface area (Å²) in [5, 5.41) is 9.70. The van der Waals surface area contributed by atoms with Crippen LogP contribution in [-0.4, -0.2) is 36.9 Å². The molecule has 28 heavy (non-hydrogen) atoms. The number of carboxylic acids is 1. The number of halogens is 1. The van der Waals surface area contributed by atoms with Crippen molar-refractivity contribution in [1.29, 1.82) is 0 Å². The first kappa shape index (κ1) is 19.2. The molecule has 146 valence electrons. The minimum Gasteiger partial charge on any atom is -0.478 e. The van der Waals surface area contributed by atoms with E-state index in [-0.39, 0.29) is 10.3 Å². The summed E-state index contributed by atoms with van der Waals surface area (Å²) in [5.41, 5.74) is 2.71. The zero-order valence-corrected chi connectivity index (χ0v) is 16.7. The molecule has 1 spiro atoms. The van der Waals surface area contributed by atoms with Gasteiger partial charge in [0.2, 0.25) is 10.0 Å². The Morgan fingerprint density at radius 2 is 1.71 bits per heavy atom. The normalized spacial score (nSPS) is 20.4. The van der Waals surface area contributed by atoms with Crippen molar-refractivity contribution >= 4 is 33.2 Å². The van der Waals surface area contributed by atoms with Gasteiger partial charge in [-0.3, -0.25) is 0 Å². The molecular weight excluding hydrogens is 398 g/mol. The van der Waals surface area contributed by atoms with Gasteiger partial charge < -0.3 is 5.11 Å². The van der Waals surface area contributed by atoms with E-state index in [1.807, 2.05) is 24.3 Å². The van der Waals surface area contributed by atoms with E-state index >= 15 is 0 Å². The van der Waals surface area contributed by atoms with Gasteiger partial charge in [-0.2, -0.15) is 4.31 Å². The van der Waals surface area contributed by atoms with Gasteiger partial charge in [-0.15, -0.1) is 0 Å². The molecule has 1 N–H and O–H groups in total. The molecule has 0 aromatic heterocycles. The summed E-state index contributed by atoms with van der Waals surface area (Å²) in [4.78, 5) is 11.5. The van der Waals surface area contributed by atoms with Gasteiger partial charge >= 0.3 is 5.97 Å². The molecule has 0 atom stereocenters. The number of hydrogen-bond donors (Lipinski definition) is 1. The van der Waals surface area contributed by atoms with Crippen molar-refractivity contribution in [3.05, 3.63) is 70.8 Å². The number of carboxylic acid groups (broad SMARTS) is 1. The van der Waals surface area contributed by atoms with Crippen LogP contribution < -0.4 is 0 Å². The van der Waals surface area contributed by atoms with Crippen molar-refractivity contribution in [3.8, 4) is 0 Å². The van der Waals surface area contributed by atoms with Crippen LogP contribution in [-0.2, 0) is 20.2 Å². The van der Waals surface area contributed by atoms with Crippen LogP contribution in [0, 0.1) is 0 Å². The molecule has 7 heteroatoms. The smallest absolute Gasteiger partial charge is 0.328 e. The molecule has 0 amide bonds. The highest BCUT2D eigenvalue weighted by molar-refractivity contribution is 7.89. The Morgan fingerprint density at radius 1 is 1.07 bits per heavy atom. The van der Waals surface area contributed by atoms with Gasteiger partial charge in [0.05, 0.1) is 4.90 Å². The molecule has 0 bridgehead atoms. The lowest BCUT2D eigenvalue weighted by atomic mass is 9.74. The second-order valence-corrected chi connectivity index (χ2v) is 9.74. The van der Waals surface area contributed by atoms with Crippen LogP contribution in [0.1, 0.15) is 30.4 Å². The van der Waals surface area contributed by atoms with Gasteiger partial charge in [-0.05, 0) is 60.2 Å². The Kier molecular flexibility index (Phi) is 4.81. The highest BCUT2D eigenvalue weighted by atomic mass is 35.5. The van der Waals surface area contributed by atoms with Crippen molar-refractivity contribution in [1.82, 2.24) is 4.31 Å². The lowest BCUT2D eigenvalue weighted by Gasteiger charge is -2.39. The van der Waals surface area contributed by atoms with Gasteiger partial charge in [0, 0.05) is 29.6 Å².